The Morgan fingerprint density at radius 2 is 1.95 bits per heavy atom. The lowest BCUT2D eigenvalue weighted by Gasteiger charge is -2.11. The fraction of sp³-hybridized carbons (Fsp3) is 0.294. The summed E-state index contributed by atoms with van der Waals surface area (Å²) in [7, 11) is 1.83. The molecule has 0 bridgehead atoms. The SMILES string of the molecule is CNCc1ccc(Oc2cccc(C(C)C)c2)c(F)c1. The summed E-state index contributed by atoms with van der Waals surface area (Å²) in [5.74, 6) is 0.997. The Kier molecular flexibility index (Phi) is 4.74. The van der Waals surface area contributed by atoms with Crippen LogP contribution >= 0.6 is 0 Å². The van der Waals surface area contributed by atoms with E-state index in [9.17, 15) is 4.39 Å². The standard InChI is InChI=1S/C17H20FNO/c1-12(2)14-5-4-6-15(10-14)20-17-8-7-13(11-19-3)9-16(17)18/h4-10,12,19H,11H2,1-3H3. The first-order chi connectivity index (χ1) is 9.60. The Morgan fingerprint density at radius 1 is 1.15 bits per heavy atom. The highest BCUT2D eigenvalue weighted by Gasteiger charge is 2.07. The summed E-state index contributed by atoms with van der Waals surface area (Å²) in [5.41, 5.74) is 2.07. The van der Waals surface area contributed by atoms with Crippen LogP contribution in [-0.4, -0.2) is 7.05 Å². The van der Waals surface area contributed by atoms with Gasteiger partial charge in [0.2, 0.25) is 0 Å². The van der Waals surface area contributed by atoms with Crippen LogP contribution < -0.4 is 10.1 Å². The van der Waals surface area contributed by atoms with Crippen molar-refractivity contribution in [2.45, 2.75) is 26.3 Å². The molecular weight excluding hydrogens is 253 g/mol. The van der Waals surface area contributed by atoms with Crippen molar-refractivity contribution in [3.63, 3.8) is 0 Å². The van der Waals surface area contributed by atoms with Gasteiger partial charge in [0, 0.05) is 6.54 Å². The summed E-state index contributed by atoms with van der Waals surface area (Å²) in [4.78, 5) is 0. The van der Waals surface area contributed by atoms with Gasteiger partial charge in [-0.1, -0.05) is 32.0 Å². The summed E-state index contributed by atoms with van der Waals surface area (Å²) >= 11 is 0. The van der Waals surface area contributed by atoms with E-state index in [4.69, 9.17) is 4.74 Å². The van der Waals surface area contributed by atoms with Gasteiger partial charge in [-0.15, -0.1) is 0 Å². The van der Waals surface area contributed by atoms with Crippen LogP contribution in [0.3, 0.4) is 0 Å². The zero-order valence-corrected chi connectivity index (χ0v) is 12.1. The molecule has 0 aliphatic heterocycles. The van der Waals surface area contributed by atoms with E-state index in [1.165, 1.54) is 11.6 Å². The molecule has 0 radical (unpaired) electrons. The Morgan fingerprint density at radius 3 is 2.60 bits per heavy atom. The molecule has 20 heavy (non-hydrogen) atoms. The van der Waals surface area contributed by atoms with E-state index in [1.54, 1.807) is 6.07 Å². The molecule has 106 valence electrons. The molecule has 0 aliphatic carbocycles. The molecule has 0 amide bonds. The Balaban J connectivity index is 2.19. The molecule has 2 aromatic rings. The molecule has 2 aromatic carbocycles. The van der Waals surface area contributed by atoms with Crippen molar-refractivity contribution in [3.05, 3.63) is 59.4 Å². The summed E-state index contributed by atoms with van der Waals surface area (Å²) in [6.07, 6.45) is 0. The molecule has 0 atom stereocenters. The second-order valence-electron chi connectivity index (χ2n) is 5.12. The van der Waals surface area contributed by atoms with E-state index in [-0.39, 0.29) is 11.6 Å². The number of rotatable bonds is 5. The fourth-order valence-corrected chi connectivity index (χ4v) is 2.01. The molecule has 0 aliphatic rings. The third kappa shape index (κ3) is 3.58. The third-order valence-electron chi connectivity index (χ3n) is 3.13. The molecule has 0 aromatic heterocycles. The fourth-order valence-electron chi connectivity index (χ4n) is 2.01. The lowest BCUT2D eigenvalue weighted by atomic mass is 10.0. The van der Waals surface area contributed by atoms with Crippen LogP contribution in [-0.2, 0) is 6.54 Å². The molecule has 0 saturated carbocycles. The van der Waals surface area contributed by atoms with E-state index in [0.717, 1.165) is 5.56 Å². The second kappa shape index (κ2) is 6.53. The Labute approximate surface area is 119 Å². The number of benzene rings is 2. The molecule has 0 saturated heterocycles. The van der Waals surface area contributed by atoms with Gasteiger partial charge < -0.3 is 10.1 Å². The summed E-state index contributed by atoms with van der Waals surface area (Å²) in [5, 5.41) is 2.99. The summed E-state index contributed by atoms with van der Waals surface area (Å²) < 4.78 is 19.6. The molecule has 2 nitrogen and oxygen atoms in total. The number of ether oxygens (including phenoxy) is 1. The van der Waals surface area contributed by atoms with Crippen LogP contribution in [0.2, 0.25) is 0 Å². The van der Waals surface area contributed by atoms with Gasteiger partial charge in [-0.2, -0.15) is 0 Å². The van der Waals surface area contributed by atoms with E-state index < -0.39 is 0 Å². The van der Waals surface area contributed by atoms with Crippen molar-refractivity contribution >= 4 is 0 Å². The predicted octanol–water partition coefficient (Wildman–Crippen LogP) is 4.46. The zero-order valence-electron chi connectivity index (χ0n) is 12.1. The average Bonchev–Trinajstić information content (AvgIpc) is 2.42. The van der Waals surface area contributed by atoms with Gasteiger partial charge in [-0.25, -0.2) is 4.39 Å². The number of hydrogen-bond donors (Lipinski definition) is 1. The number of halogens is 1. The molecule has 1 N–H and O–H groups in total. The maximum atomic E-state index is 14.0. The van der Waals surface area contributed by atoms with Crippen LogP contribution in [0.25, 0.3) is 0 Å². The summed E-state index contributed by atoms with van der Waals surface area (Å²) in [6, 6.07) is 12.8. The van der Waals surface area contributed by atoms with Crippen molar-refractivity contribution in [3.8, 4) is 11.5 Å². The van der Waals surface area contributed by atoms with Gasteiger partial charge >= 0.3 is 0 Å². The zero-order chi connectivity index (χ0) is 14.5. The minimum atomic E-state index is -0.340. The monoisotopic (exact) mass is 273 g/mol. The van der Waals surface area contributed by atoms with Crippen LogP contribution in [0.5, 0.6) is 11.5 Å². The quantitative estimate of drug-likeness (QED) is 0.868. The van der Waals surface area contributed by atoms with E-state index in [0.29, 0.717) is 18.2 Å². The van der Waals surface area contributed by atoms with Crippen molar-refractivity contribution in [2.24, 2.45) is 0 Å². The Hall–Kier alpha value is -1.87. The van der Waals surface area contributed by atoms with Crippen molar-refractivity contribution in [2.75, 3.05) is 7.05 Å². The van der Waals surface area contributed by atoms with Crippen molar-refractivity contribution in [1.29, 1.82) is 0 Å². The maximum Gasteiger partial charge on any atom is 0.166 e. The second-order valence-corrected chi connectivity index (χ2v) is 5.12. The maximum absolute atomic E-state index is 14.0. The molecule has 3 heteroatoms. The average molecular weight is 273 g/mol. The van der Waals surface area contributed by atoms with E-state index in [1.807, 2.05) is 37.4 Å². The predicted molar refractivity (Wildman–Crippen MR) is 79.8 cm³/mol. The minimum absolute atomic E-state index is 0.255. The number of hydrogen-bond acceptors (Lipinski definition) is 2. The highest BCUT2D eigenvalue weighted by atomic mass is 19.1. The van der Waals surface area contributed by atoms with Crippen LogP contribution in [0.1, 0.15) is 30.9 Å². The lowest BCUT2D eigenvalue weighted by molar-refractivity contribution is 0.441. The molecule has 0 heterocycles. The van der Waals surface area contributed by atoms with Crippen LogP contribution in [0.4, 0.5) is 4.39 Å². The van der Waals surface area contributed by atoms with Gasteiger partial charge in [0.05, 0.1) is 0 Å². The van der Waals surface area contributed by atoms with Gasteiger partial charge in [0.15, 0.2) is 11.6 Å². The van der Waals surface area contributed by atoms with E-state index >= 15 is 0 Å². The first kappa shape index (κ1) is 14.5. The molecule has 0 unspecified atom stereocenters. The first-order valence-corrected chi connectivity index (χ1v) is 6.81. The highest BCUT2D eigenvalue weighted by Crippen LogP contribution is 2.27. The molecule has 0 spiro atoms. The van der Waals surface area contributed by atoms with Gasteiger partial charge in [0.1, 0.15) is 5.75 Å². The van der Waals surface area contributed by atoms with Crippen LogP contribution in [0, 0.1) is 5.82 Å². The van der Waals surface area contributed by atoms with Gasteiger partial charge in [-0.3, -0.25) is 0 Å². The molecule has 0 fully saturated rings. The van der Waals surface area contributed by atoms with Crippen molar-refractivity contribution < 1.29 is 9.13 Å². The first-order valence-electron chi connectivity index (χ1n) is 6.81. The van der Waals surface area contributed by atoms with Crippen LogP contribution in [0.15, 0.2) is 42.5 Å². The molecular formula is C17H20FNO. The van der Waals surface area contributed by atoms with Gasteiger partial charge in [0.25, 0.3) is 0 Å². The Bertz CT molecular complexity index is 581. The third-order valence-corrected chi connectivity index (χ3v) is 3.13. The summed E-state index contributed by atoms with van der Waals surface area (Å²) in [6.45, 7) is 4.87. The van der Waals surface area contributed by atoms with Gasteiger partial charge in [-0.05, 0) is 48.4 Å². The largest absolute Gasteiger partial charge is 0.454 e. The topological polar surface area (TPSA) is 21.3 Å². The van der Waals surface area contributed by atoms with Crippen molar-refractivity contribution in [1.82, 2.24) is 5.32 Å². The smallest absolute Gasteiger partial charge is 0.166 e. The van der Waals surface area contributed by atoms with E-state index in [2.05, 4.69) is 19.2 Å². The molecule has 2 rings (SSSR count). The lowest BCUT2D eigenvalue weighted by Crippen LogP contribution is -2.05. The normalized spacial score (nSPS) is 10.8. The number of nitrogens with one attached hydrogen (secondary N) is 1. The minimum Gasteiger partial charge on any atom is -0.454 e. The highest BCUT2D eigenvalue weighted by molar-refractivity contribution is 5.37.